The molecule has 0 spiro atoms. The molecule has 3 N–H and O–H groups in total. The number of phenols is 1. The van der Waals surface area contributed by atoms with Gasteiger partial charge in [-0.25, -0.2) is 4.39 Å². The van der Waals surface area contributed by atoms with E-state index in [1.165, 1.54) is 12.1 Å². The van der Waals surface area contributed by atoms with E-state index in [2.05, 4.69) is 0 Å². The van der Waals surface area contributed by atoms with Crippen LogP contribution in [0, 0.1) is 11.7 Å². The van der Waals surface area contributed by atoms with E-state index in [0.29, 0.717) is 5.56 Å². The van der Waals surface area contributed by atoms with E-state index in [4.69, 9.17) is 17.3 Å². The van der Waals surface area contributed by atoms with Crippen LogP contribution < -0.4 is 5.73 Å². The van der Waals surface area contributed by atoms with E-state index >= 15 is 0 Å². The topological polar surface area (TPSA) is 46.2 Å². The molecule has 1 rings (SSSR count). The lowest BCUT2D eigenvalue weighted by atomic mass is 9.96. The van der Waals surface area contributed by atoms with Gasteiger partial charge in [0, 0.05) is 17.7 Å². The Morgan fingerprint density at radius 1 is 1.43 bits per heavy atom. The standard InChI is InChI=1S/C10H13ClFNO/c1-5(2)10(13)6-3-8(12)7(11)4-9(6)14/h3-5,10,14H,13H2,1-2H3/t10-/m1/s1. The number of hydrogen-bond donors (Lipinski definition) is 2. The van der Waals surface area contributed by atoms with Gasteiger partial charge < -0.3 is 10.8 Å². The van der Waals surface area contributed by atoms with Crippen LogP contribution in [-0.2, 0) is 0 Å². The Kier molecular flexibility index (Phi) is 3.34. The lowest BCUT2D eigenvalue weighted by Crippen LogP contribution is -2.17. The largest absolute Gasteiger partial charge is 0.508 e. The molecule has 0 amide bonds. The Hall–Kier alpha value is -0.800. The molecule has 0 aromatic heterocycles. The van der Waals surface area contributed by atoms with Gasteiger partial charge >= 0.3 is 0 Å². The Balaban J connectivity index is 3.15. The van der Waals surface area contributed by atoms with Crippen molar-refractivity contribution in [2.45, 2.75) is 19.9 Å². The minimum absolute atomic E-state index is 0.0578. The van der Waals surface area contributed by atoms with Gasteiger partial charge in [0.2, 0.25) is 0 Å². The second kappa shape index (κ2) is 4.15. The highest BCUT2D eigenvalue weighted by Gasteiger charge is 2.16. The van der Waals surface area contributed by atoms with Crippen molar-refractivity contribution in [1.82, 2.24) is 0 Å². The van der Waals surface area contributed by atoms with Gasteiger partial charge in [-0.3, -0.25) is 0 Å². The third kappa shape index (κ3) is 2.16. The van der Waals surface area contributed by atoms with E-state index in [1.807, 2.05) is 13.8 Å². The van der Waals surface area contributed by atoms with Gasteiger partial charge in [0.25, 0.3) is 0 Å². The molecule has 0 saturated heterocycles. The molecule has 0 saturated carbocycles. The zero-order valence-electron chi connectivity index (χ0n) is 8.09. The highest BCUT2D eigenvalue weighted by Crippen LogP contribution is 2.31. The summed E-state index contributed by atoms with van der Waals surface area (Å²) in [6, 6.07) is 1.97. The highest BCUT2D eigenvalue weighted by atomic mass is 35.5. The van der Waals surface area contributed by atoms with Crippen LogP contribution in [0.3, 0.4) is 0 Å². The van der Waals surface area contributed by atoms with Crippen molar-refractivity contribution in [2.75, 3.05) is 0 Å². The maximum Gasteiger partial charge on any atom is 0.142 e. The number of rotatable bonds is 2. The number of phenolic OH excluding ortho intramolecular Hbond substituents is 1. The van der Waals surface area contributed by atoms with Crippen LogP contribution in [0.2, 0.25) is 5.02 Å². The second-order valence-corrected chi connectivity index (χ2v) is 4.00. The van der Waals surface area contributed by atoms with Crippen LogP contribution in [-0.4, -0.2) is 5.11 Å². The van der Waals surface area contributed by atoms with E-state index in [-0.39, 0.29) is 22.7 Å². The predicted molar refractivity (Wildman–Crippen MR) is 54.8 cm³/mol. The fraction of sp³-hybridized carbons (Fsp3) is 0.400. The fourth-order valence-electron chi connectivity index (χ4n) is 1.18. The summed E-state index contributed by atoms with van der Waals surface area (Å²) < 4.78 is 13.1. The molecule has 0 aliphatic heterocycles. The smallest absolute Gasteiger partial charge is 0.142 e. The summed E-state index contributed by atoms with van der Waals surface area (Å²) in [5, 5.41) is 9.41. The number of aromatic hydroxyl groups is 1. The number of nitrogens with two attached hydrogens (primary N) is 1. The van der Waals surface area contributed by atoms with Gasteiger partial charge in [-0.05, 0) is 12.0 Å². The van der Waals surface area contributed by atoms with E-state index in [9.17, 15) is 9.50 Å². The van der Waals surface area contributed by atoms with Crippen LogP contribution in [0.5, 0.6) is 5.75 Å². The first-order chi connectivity index (χ1) is 6.43. The summed E-state index contributed by atoms with van der Waals surface area (Å²) in [4.78, 5) is 0. The molecule has 0 fully saturated rings. The fourth-order valence-corrected chi connectivity index (χ4v) is 1.34. The maximum atomic E-state index is 13.1. The Morgan fingerprint density at radius 3 is 2.50 bits per heavy atom. The molecular weight excluding hydrogens is 205 g/mol. The van der Waals surface area contributed by atoms with Gasteiger partial charge in [-0.1, -0.05) is 25.4 Å². The van der Waals surface area contributed by atoms with Gasteiger partial charge in [-0.2, -0.15) is 0 Å². The Bertz CT molecular complexity index is 341. The van der Waals surface area contributed by atoms with Crippen molar-refractivity contribution in [2.24, 2.45) is 11.7 Å². The molecule has 1 atom stereocenters. The molecule has 0 aliphatic rings. The summed E-state index contributed by atoms with van der Waals surface area (Å²) in [6.45, 7) is 3.80. The molecule has 14 heavy (non-hydrogen) atoms. The lowest BCUT2D eigenvalue weighted by Gasteiger charge is -2.17. The molecular formula is C10H13ClFNO. The zero-order valence-corrected chi connectivity index (χ0v) is 8.85. The van der Waals surface area contributed by atoms with Crippen molar-refractivity contribution in [3.05, 3.63) is 28.5 Å². The number of halogens is 2. The highest BCUT2D eigenvalue weighted by molar-refractivity contribution is 6.30. The van der Waals surface area contributed by atoms with Crippen LogP contribution >= 0.6 is 11.6 Å². The normalized spacial score (nSPS) is 13.3. The van der Waals surface area contributed by atoms with Crippen LogP contribution in [0.15, 0.2) is 12.1 Å². The molecule has 0 heterocycles. The molecule has 1 aromatic carbocycles. The molecule has 4 heteroatoms. The average Bonchev–Trinajstić information content (AvgIpc) is 2.10. The molecule has 0 unspecified atom stereocenters. The quantitative estimate of drug-likeness (QED) is 0.800. The Labute approximate surface area is 87.5 Å². The summed E-state index contributed by atoms with van der Waals surface area (Å²) in [7, 11) is 0. The van der Waals surface area contributed by atoms with Gasteiger partial charge in [0.1, 0.15) is 11.6 Å². The summed E-state index contributed by atoms with van der Waals surface area (Å²) in [6.07, 6.45) is 0. The SMILES string of the molecule is CC(C)[C@@H](N)c1cc(F)c(Cl)cc1O. The minimum atomic E-state index is -0.560. The van der Waals surface area contributed by atoms with E-state index in [1.54, 1.807) is 0 Å². The van der Waals surface area contributed by atoms with Crippen LogP contribution in [0.1, 0.15) is 25.5 Å². The number of benzene rings is 1. The first-order valence-corrected chi connectivity index (χ1v) is 4.74. The molecule has 0 aliphatic carbocycles. The second-order valence-electron chi connectivity index (χ2n) is 3.59. The predicted octanol–water partition coefficient (Wildman–Crippen LogP) is 2.84. The first-order valence-electron chi connectivity index (χ1n) is 4.37. The van der Waals surface area contributed by atoms with Gasteiger partial charge in [0.15, 0.2) is 0 Å². The number of hydrogen-bond acceptors (Lipinski definition) is 2. The molecule has 78 valence electrons. The van der Waals surface area contributed by atoms with Gasteiger partial charge in [0.05, 0.1) is 5.02 Å². The van der Waals surface area contributed by atoms with Crippen molar-refractivity contribution in [1.29, 1.82) is 0 Å². The summed E-state index contributed by atoms with van der Waals surface area (Å²) in [5.41, 5.74) is 6.18. The molecule has 2 nitrogen and oxygen atoms in total. The van der Waals surface area contributed by atoms with Crippen molar-refractivity contribution in [3.63, 3.8) is 0 Å². The summed E-state index contributed by atoms with van der Waals surface area (Å²) in [5.74, 6) is -0.491. The van der Waals surface area contributed by atoms with Crippen molar-refractivity contribution in [3.8, 4) is 5.75 Å². The first kappa shape index (κ1) is 11.3. The third-order valence-electron chi connectivity index (χ3n) is 2.15. The van der Waals surface area contributed by atoms with E-state index in [0.717, 1.165) is 0 Å². The van der Waals surface area contributed by atoms with Gasteiger partial charge in [-0.15, -0.1) is 0 Å². The van der Waals surface area contributed by atoms with Crippen molar-refractivity contribution < 1.29 is 9.50 Å². The molecule has 1 aromatic rings. The van der Waals surface area contributed by atoms with Crippen LogP contribution in [0.4, 0.5) is 4.39 Å². The Morgan fingerprint density at radius 2 is 2.00 bits per heavy atom. The zero-order chi connectivity index (χ0) is 10.9. The average molecular weight is 218 g/mol. The third-order valence-corrected chi connectivity index (χ3v) is 2.44. The van der Waals surface area contributed by atoms with Crippen molar-refractivity contribution >= 4 is 11.6 Å². The maximum absolute atomic E-state index is 13.1. The summed E-state index contributed by atoms with van der Waals surface area (Å²) >= 11 is 5.49. The van der Waals surface area contributed by atoms with Crippen LogP contribution in [0.25, 0.3) is 0 Å². The monoisotopic (exact) mass is 217 g/mol. The lowest BCUT2D eigenvalue weighted by molar-refractivity contribution is 0.436. The molecule has 0 radical (unpaired) electrons. The minimum Gasteiger partial charge on any atom is -0.508 e. The van der Waals surface area contributed by atoms with E-state index < -0.39 is 5.82 Å². The molecule has 0 bridgehead atoms.